The number of amides is 2. The minimum absolute atomic E-state index is 0.151. The van der Waals surface area contributed by atoms with Gasteiger partial charge in [-0.25, -0.2) is 9.78 Å². The van der Waals surface area contributed by atoms with E-state index in [-0.39, 0.29) is 11.9 Å². The molecule has 0 radical (unpaired) electrons. The summed E-state index contributed by atoms with van der Waals surface area (Å²) in [5.74, 6) is -0.0466. The molecule has 0 saturated carbocycles. The first-order valence-electron chi connectivity index (χ1n) is 8.20. The highest BCUT2D eigenvalue weighted by Crippen LogP contribution is 2.21. The van der Waals surface area contributed by atoms with E-state index < -0.39 is 11.9 Å². The van der Waals surface area contributed by atoms with Crippen LogP contribution in [0.1, 0.15) is 32.0 Å². The number of unbranched alkanes of at least 4 members (excludes halogenated alkanes) is 1. The third-order valence-electron chi connectivity index (χ3n) is 4.32. The molecule has 2 rings (SSSR count). The van der Waals surface area contributed by atoms with Crippen LogP contribution in [0.15, 0.2) is 12.4 Å². The third-order valence-corrected chi connectivity index (χ3v) is 4.32. The average Bonchev–Trinajstić information content (AvgIpc) is 2.91. The lowest BCUT2D eigenvalue weighted by Crippen LogP contribution is -2.49. The van der Waals surface area contributed by atoms with Gasteiger partial charge in [-0.15, -0.1) is 0 Å². The molecule has 23 heavy (non-hydrogen) atoms. The Morgan fingerprint density at radius 3 is 2.83 bits per heavy atom. The first-order valence-corrected chi connectivity index (χ1v) is 8.20. The van der Waals surface area contributed by atoms with Crippen LogP contribution in [0.3, 0.4) is 0 Å². The summed E-state index contributed by atoms with van der Waals surface area (Å²) in [6.07, 6.45) is 6.23. The van der Waals surface area contributed by atoms with Gasteiger partial charge in [-0.1, -0.05) is 6.92 Å². The van der Waals surface area contributed by atoms with Crippen molar-refractivity contribution in [2.24, 2.45) is 11.8 Å². The number of hydrogen-bond donors (Lipinski definition) is 2. The Balaban J connectivity index is 1.68. The second-order valence-corrected chi connectivity index (χ2v) is 6.39. The van der Waals surface area contributed by atoms with Crippen LogP contribution >= 0.6 is 0 Å². The van der Waals surface area contributed by atoms with Crippen LogP contribution in [0.2, 0.25) is 0 Å². The van der Waals surface area contributed by atoms with E-state index in [1.807, 2.05) is 20.0 Å². The number of carbonyl (C=O) groups is 2. The quantitative estimate of drug-likeness (QED) is 0.781. The van der Waals surface area contributed by atoms with Crippen LogP contribution in [0.4, 0.5) is 4.79 Å². The van der Waals surface area contributed by atoms with Gasteiger partial charge in [0, 0.05) is 38.6 Å². The maximum absolute atomic E-state index is 12.2. The van der Waals surface area contributed by atoms with Crippen molar-refractivity contribution < 1.29 is 14.7 Å². The van der Waals surface area contributed by atoms with Gasteiger partial charge in [0.25, 0.3) is 0 Å². The fraction of sp³-hybridized carbons (Fsp3) is 0.688. The number of carboxylic acids is 1. The lowest BCUT2D eigenvalue weighted by Gasteiger charge is -2.34. The smallest absolute Gasteiger partial charge is 0.317 e. The monoisotopic (exact) mass is 322 g/mol. The summed E-state index contributed by atoms with van der Waals surface area (Å²) in [5, 5.41) is 12.0. The second kappa shape index (κ2) is 7.99. The van der Waals surface area contributed by atoms with E-state index in [1.165, 1.54) is 0 Å². The molecular weight excluding hydrogens is 296 g/mol. The fourth-order valence-corrected chi connectivity index (χ4v) is 3.05. The summed E-state index contributed by atoms with van der Waals surface area (Å²) < 4.78 is 2.09. The molecule has 2 unspecified atom stereocenters. The molecule has 128 valence electrons. The number of urea groups is 1. The van der Waals surface area contributed by atoms with E-state index in [0.717, 1.165) is 25.2 Å². The van der Waals surface area contributed by atoms with Crippen molar-refractivity contribution in [3.8, 4) is 0 Å². The number of imidazole rings is 1. The Morgan fingerprint density at radius 1 is 1.39 bits per heavy atom. The molecule has 0 bridgehead atoms. The van der Waals surface area contributed by atoms with Gasteiger partial charge in [-0.3, -0.25) is 4.79 Å². The van der Waals surface area contributed by atoms with Crippen LogP contribution in [-0.4, -0.2) is 51.2 Å². The van der Waals surface area contributed by atoms with Crippen molar-refractivity contribution in [3.63, 3.8) is 0 Å². The fourth-order valence-electron chi connectivity index (χ4n) is 3.05. The number of aryl methyl sites for hydroxylation is 2. The van der Waals surface area contributed by atoms with Crippen LogP contribution in [-0.2, 0) is 11.3 Å². The van der Waals surface area contributed by atoms with Gasteiger partial charge in [0.15, 0.2) is 0 Å². The van der Waals surface area contributed by atoms with Crippen molar-refractivity contribution >= 4 is 12.0 Å². The van der Waals surface area contributed by atoms with Gasteiger partial charge in [-0.2, -0.15) is 0 Å². The number of carboxylic acid groups (broad SMARTS) is 1. The zero-order valence-corrected chi connectivity index (χ0v) is 13.9. The minimum Gasteiger partial charge on any atom is -0.481 e. The molecule has 1 saturated heterocycles. The Labute approximate surface area is 136 Å². The number of rotatable bonds is 6. The van der Waals surface area contributed by atoms with E-state index in [9.17, 15) is 9.59 Å². The number of nitrogens with zero attached hydrogens (tertiary/aromatic N) is 3. The zero-order chi connectivity index (χ0) is 16.8. The van der Waals surface area contributed by atoms with Gasteiger partial charge in [0.1, 0.15) is 5.82 Å². The van der Waals surface area contributed by atoms with E-state index in [2.05, 4.69) is 14.9 Å². The molecule has 1 aromatic heterocycles. The summed E-state index contributed by atoms with van der Waals surface area (Å²) in [6, 6.07) is -0.151. The molecule has 2 heterocycles. The summed E-state index contributed by atoms with van der Waals surface area (Å²) in [5.41, 5.74) is 0. The van der Waals surface area contributed by atoms with Crippen LogP contribution in [0.25, 0.3) is 0 Å². The van der Waals surface area contributed by atoms with Crippen molar-refractivity contribution in [2.75, 3.05) is 19.6 Å². The molecule has 0 aromatic carbocycles. The van der Waals surface area contributed by atoms with Crippen LogP contribution < -0.4 is 5.32 Å². The largest absolute Gasteiger partial charge is 0.481 e. The zero-order valence-electron chi connectivity index (χ0n) is 13.9. The van der Waals surface area contributed by atoms with Crippen molar-refractivity contribution in [1.82, 2.24) is 19.8 Å². The number of aromatic nitrogens is 2. The Bertz CT molecular complexity index is 543. The predicted octanol–water partition coefficient (Wildman–Crippen LogP) is 1.72. The number of nitrogens with one attached hydrogen (secondary N) is 1. The highest BCUT2D eigenvalue weighted by molar-refractivity contribution is 5.76. The lowest BCUT2D eigenvalue weighted by atomic mass is 9.91. The van der Waals surface area contributed by atoms with Crippen LogP contribution in [0, 0.1) is 18.8 Å². The number of hydrogen-bond acceptors (Lipinski definition) is 3. The first-order chi connectivity index (χ1) is 11.0. The normalized spacial score (nSPS) is 21.2. The van der Waals surface area contributed by atoms with Crippen molar-refractivity contribution in [3.05, 3.63) is 18.2 Å². The summed E-state index contributed by atoms with van der Waals surface area (Å²) in [6.45, 7) is 6.39. The average molecular weight is 322 g/mol. The number of piperidine rings is 1. The summed E-state index contributed by atoms with van der Waals surface area (Å²) in [7, 11) is 0. The highest BCUT2D eigenvalue weighted by atomic mass is 16.4. The van der Waals surface area contributed by atoms with Crippen LogP contribution in [0.5, 0.6) is 0 Å². The van der Waals surface area contributed by atoms with E-state index in [1.54, 1.807) is 11.1 Å². The van der Waals surface area contributed by atoms with Gasteiger partial charge in [0.2, 0.25) is 0 Å². The van der Waals surface area contributed by atoms with E-state index in [0.29, 0.717) is 26.1 Å². The second-order valence-electron chi connectivity index (χ2n) is 6.39. The van der Waals surface area contributed by atoms with Gasteiger partial charge >= 0.3 is 12.0 Å². The third kappa shape index (κ3) is 4.97. The van der Waals surface area contributed by atoms with Gasteiger partial charge in [0.05, 0.1) is 5.92 Å². The van der Waals surface area contributed by atoms with Crippen molar-refractivity contribution in [1.29, 1.82) is 0 Å². The number of likely N-dealkylation sites (tertiary alicyclic amines) is 1. The number of carbonyl (C=O) groups excluding carboxylic acids is 1. The summed E-state index contributed by atoms with van der Waals surface area (Å²) in [4.78, 5) is 29.1. The highest BCUT2D eigenvalue weighted by Gasteiger charge is 2.31. The molecule has 7 nitrogen and oxygen atoms in total. The Kier molecular flexibility index (Phi) is 6.01. The molecule has 0 spiro atoms. The molecule has 1 fully saturated rings. The molecular formula is C16H26N4O3. The summed E-state index contributed by atoms with van der Waals surface area (Å²) >= 11 is 0. The van der Waals surface area contributed by atoms with E-state index >= 15 is 0 Å². The van der Waals surface area contributed by atoms with Crippen molar-refractivity contribution in [2.45, 2.75) is 39.7 Å². The molecule has 2 amide bonds. The molecule has 1 aromatic rings. The number of aliphatic carboxylic acids is 1. The molecule has 2 atom stereocenters. The minimum atomic E-state index is -0.815. The molecule has 0 aliphatic carbocycles. The molecule has 1 aliphatic heterocycles. The lowest BCUT2D eigenvalue weighted by molar-refractivity contribution is -0.143. The van der Waals surface area contributed by atoms with Gasteiger partial charge in [-0.05, 0) is 32.1 Å². The Hall–Kier alpha value is -2.05. The molecule has 1 aliphatic rings. The maximum atomic E-state index is 12.2. The van der Waals surface area contributed by atoms with E-state index in [4.69, 9.17) is 5.11 Å². The predicted molar refractivity (Wildman–Crippen MR) is 86.1 cm³/mol. The molecule has 2 N–H and O–H groups in total. The SMILES string of the molecule is Cc1nccn1CCCCNC(=O)N1CC(C)CC(C(=O)O)C1. The maximum Gasteiger partial charge on any atom is 0.317 e. The standard InChI is InChI=1S/C16H26N4O3/c1-12-9-14(15(21)22)11-20(10-12)16(23)18-5-3-4-7-19-8-6-17-13(19)2/h6,8,12,14H,3-5,7,9-11H2,1-2H3,(H,18,23)(H,21,22). The Morgan fingerprint density at radius 2 is 2.17 bits per heavy atom. The van der Waals surface area contributed by atoms with Gasteiger partial charge < -0.3 is 19.9 Å². The molecule has 7 heteroatoms. The topological polar surface area (TPSA) is 87.5 Å². The first kappa shape index (κ1) is 17.3.